The van der Waals surface area contributed by atoms with E-state index < -0.39 is 0 Å². The van der Waals surface area contributed by atoms with E-state index in [1.807, 2.05) is 18.2 Å². The van der Waals surface area contributed by atoms with Gasteiger partial charge in [-0.25, -0.2) is 0 Å². The first-order valence-electron chi connectivity index (χ1n) is 5.69. The number of carbonyl (C=O) groups excluding carboxylic acids is 1. The summed E-state index contributed by atoms with van der Waals surface area (Å²) in [5.41, 5.74) is 0.431. The van der Waals surface area contributed by atoms with Crippen LogP contribution in [0.4, 0.5) is 5.69 Å². The summed E-state index contributed by atoms with van der Waals surface area (Å²) in [6, 6.07) is 12.4. The molecule has 2 nitrogen and oxygen atoms in total. The topological polar surface area (TPSA) is 29.1 Å². The number of halogens is 3. The van der Waals surface area contributed by atoms with E-state index in [4.69, 9.17) is 34.8 Å². The summed E-state index contributed by atoms with van der Waals surface area (Å²) in [6.45, 7) is 0. The number of anilines is 1. The lowest BCUT2D eigenvalue weighted by molar-refractivity contribution is -0.113. The molecule has 0 aliphatic carbocycles. The second-order valence-electron chi connectivity index (χ2n) is 3.86. The van der Waals surface area contributed by atoms with E-state index in [0.29, 0.717) is 20.8 Å². The number of nitrogens with one attached hydrogen (secondary N) is 1. The Bertz CT molecular complexity index is 613. The fraction of sp³-hybridized carbons (Fsp3) is 0.0714. The third kappa shape index (κ3) is 4.06. The second kappa shape index (κ2) is 7.23. The molecule has 2 aromatic rings. The van der Waals surface area contributed by atoms with Crippen LogP contribution >= 0.6 is 46.6 Å². The van der Waals surface area contributed by atoms with Gasteiger partial charge in [0.1, 0.15) is 0 Å². The molecule has 1 N–H and O–H groups in total. The quantitative estimate of drug-likeness (QED) is 0.753. The average Bonchev–Trinajstić information content (AvgIpc) is 2.42. The van der Waals surface area contributed by atoms with Crippen molar-refractivity contribution in [3.63, 3.8) is 0 Å². The van der Waals surface area contributed by atoms with Gasteiger partial charge in [-0.3, -0.25) is 4.79 Å². The zero-order valence-corrected chi connectivity index (χ0v) is 13.3. The van der Waals surface area contributed by atoms with Crippen molar-refractivity contribution in [2.75, 3.05) is 11.1 Å². The first-order valence-corrected chi connectivity index (χ1v) is 7.81. The molecule has 0 atom stereocenters. The number of thioether (sulfide) groups is 1. The van der Waals surface area contributed by atoms with Gasteiger partial charge in [0.25, 0.3) is 0 Å². The fourth-order valence-corrected chi connectivity index (χ4v) is 3.03. The summed E-state index contributed by atoms with van der Waals surface area (Å²) in [4.78, 5) is 12.8. The second-order valence-corrected chi connectivity index (χ2v) is 6.10. The largest absolute Gasteiger partial charge is 0.323 e. The van der Waals surface area contributed by atoms with E-state index in [1.54, 1.807) is 24.3 Å². The average molecular weight is 347 g/mol. The molecular formula is C14H10Cl3NOS. The van der Waals surface area contributed by atoms with Gasteiger partial charge >= 0.3 is 0 Å². The van der Waals surface area contributed by atoms with E-state index in [-0.39, 0.29) is 11.7 Å². The normalized spacial score (nSPS) is 10.3. The van der Waals surface area contributed by atoms with Crippen LogP contribution in [-0.4, -0.2) is 11.7 Å². The lowest BCUT2D eigenvalue weighted by atomic mass is 10.3. The van der Waals surface area contributed by atoms with Gasteiger partial charge in [0.15, 0.2) is 0 Å². The Morgan fingerprint density at radius 2 is 1.55 bits per heavy atom. The minimum atomic E-state index is -0.190. The van der Waals surface area contributed by atoms with Gasteiger partial charge in [0.05, 0.1) is 26.5 Å². The monoisotopic (exact) mass is 345 g/mol. The standard InChI is InChI=1S/C14H10Cl3NOS/c15-9-4-1-2-7-12(9)20-8-13(19)18-14-10(16)5-3-6-11(14)17/h1-7H,8H2,(H,18,19). The molecule has 0 radical (unpaired) electrons. The fourth-order valence-electron chi connectivity index (χ4n) is 1.50. The Morgan fingerprint density at radius 1 is 0.950 bits per heavy atom. The van der Waals surface area contributed by atoms with Crippen LogP contribution in [0.25, 0.3) is 0 Å². The van der Waals surface area contributed by atoms with Gasteiger partial charge in [-0.1, -0.05) is 53.0 Å². The van der Waals surface area contributed by atoms with Gasteiger partial charge < -0.3 is 5.32 Å². The van der Waals surface area contributed by atoms with E-state index >= 15 is 0 Å². The van der Waals surface area contributed by atoms with Crippen LogP contribution in [0.3, 0.4) is 0 Å². The Balaban J connectivity index is 1.98. The first-order chi connectivity index (χ1) is 9.58. The van der Waals surface area contributed by atoms with Crippen LogP contribution in [0, 0.1) is 0 Å². The summed E-state index contributed by atoms with van der Waals surface area (Å²) in [7, 11) is 0. The Hall–Kier alpha value is -0.870. The van der Waals surface area contributed by atoms with E-state index in [1.165, 1.54) is 11.8 Å². The van der Waals surface area contributed by atoms with Crippen molar-refractivity contribution in [3.05, 3.63) is 57.5 Å². The predicted molar refractivity (Wildman–Crippen MR) is 87.3 cm³/mol. The molecule has 0 spiro atoms. The third-order valence-electron chi connectivity index (χ3n) is 2.42. The summed E-state index contributed by atoms with van der Waals surface area (Å²) in [6.07, 6.45) is 0. The molecule has 0 saturated heterocycles. The molecule has 20 heavy (non-hydrogen) atoms. The highest BCUT2D eigenvalue weighted by Gasteiger charge is 2.10. The molecule has 0 aliphatic heterocycles. The summed E-state index contributed by atoms with van der Waals surface area (Å²) >= 11 is 19.4. The van der Waals surface area contributed by atoms with Crippen molar-refractivity contribution < 1.29 is 4.79 Å². The molecule has 104 valence electrons. The molecule has 1 amide bonds. The summed E-state index contributed by atoms with van der Waals surface area (Å²) in [5, 5.41) is 4.15. The maximum atomic E-state index is 11.9. The van der Waals surface area contributed by atoms with Crippen LogP contribution < -0.4 is 5.32 Å². The highest BCUT2D eigenvalue weighted by molar-refractivity contribution is 8.00. The van der Waals surface area contributed by atoms with Crippen LogP contribution in [0.2, 0.25) is 15.1 Å². The van der Waals surface area contributed by atoms with Crippen LogP contribution in [0.1, 0.15) is 0 Å². The zero-order valence-electron chi connectivity index (χ0n) is 10.2. The third-order valence-corrected chi connectivity index (χ3v) is 4.57. The summed E-state index contributed by atoms with van der Waals surface area (Å²) < 4.78 is 0. The Morgan fingerprint density at radius 3 is 2.20 bits per heavy atom. The number of carbonyl (C=O) groups is 1. The molecular weight excluding hydrogens is 337 g/mol. The number of benzene rings is 2. The number of amides is 1. The van der Waals surface area contributed by atoms with Crippen LogP contribution in [0.15, 0.2) is 47.4 Å². The Labute approximate surface area is 136 Å². The SMILES string of the molecule is O=C(CSc1ccccc1Cl)Nc1c(Cl)cccc1Cl. The molecule has 0 saturated carbocycles. The highest BCUT2D eigenvalue weighted by Crippen LogP contribution is 2.31. The molecule has 0 aromatic heterocycles. The molecule has 0 fully saturated rings. The highest BCUT2D eigenvalue weighted by atomic mass is 35.5. The first kappa shape index (κ1) is 15.5. The Kier molecular flexibility index (Phi) is 5.61. The maximum Gasteiger partial charge on any atom is 0.234 e. The summed E-state index contributed by atoms with van der Waals surface area (Å²) in [5.74, 6) is 0.0376. The van der Waals surface area contributed by atoms with Crippen molar-refractivity contribution in [2.24, 2.45) is 0 Å². The molecule has 2 aromatic carbocycles. The maximum absolute atomic E-state index is 11.9. The zero-order chi connectivity index (χ0) is 14.5. The van der Waals surface area contributed by atoms with Gasteiger partial charge in [-0.2, -0.15) is 0 Å². The van der Waals surface area contributed by atoms with Crippen molar-refractivity contribution in [1.82, 2.24) is 0 Å². The minimum Gasteiger partial charge on any atom is -0.323 e. The molecule has 0 unspecified atom stereocenters. The van der Waals surface area contributed by atoms with Gasteiger partial charge in [-0.05, 0) is 24.3 Å². The smallest absolute Gasteiger partial charge is 0.234 e. The van der Waals surface area contributed by atoms with Crippen LogP contribution in [-0.2, 0) is 4.79 Å². The van der Waals surface area contributed by atoms with Gasteiger partial charge in [0.2, 0.25) is 5.91 Å². The lowest BCUT2D eigenvalue weighted by Crippen LogP contribution is -2.14. The molecule has 0 heterocycles. The van der Waals surface area contributed by atoms with Gasteiger partial charge in [-0.15, -0.1) is 11.8 Å². The lowest BCUT2D eigenvalue weighted by Gasteiger charge is -2.09. The number of rotatable bonds is 4. The van der Waals surface area contributed by atoms with Crippen LogP contribution in [0.5, 0.6) is 0 Å². The molecule has 0 aliphatic rings. The number of hydrogen-bond donors (Lipinski definition) is 1. The predicted octanol–water partition coefficient (Wildman–Crippen LogP) is 5.38. The van der Waals surface area contributed by atoms with Crippen molar-refractivity contribution in [1.29, 1.82) is 0 Å². The molecule has 0 bridgehead atoms. The minimum absolute atomic E-state index is 0.190. The van der Waals surface area contributed by atoms with Gasteiger partial charge in [0, 0.05) is 4.90 Å². The van der Waals surface area contributed by atoms with Crippen molar-refractivity contribution >= 4 is 58.2 Å². The number of hydrogen-bond acceptors (Lipinski definition) is 2. The molecule has 6 heteroatoms. The molecule has 2 rings (SSSR count). The van der Waals surface area contributed by atoms with Crippen molar-refractivity contribution in [3.8, 4) is 0 Å². The van der Waals surface area contributed by atoms with E-state index in [0.717, 1.165) is 4.90 Å². The van der Waals surface area contributed by atoms with Crippen molar-refractivity contribution in [2.45, 2.75) is 4.90 Å². The van der Waals surface area contributed by atoms with E-state index in [9.17, 15) is 4.79 Å². The van der Waals surface area contributed by atoms with E-state index in [2.05, 4.69) is 5.32 Å². The number of para-hydroxylation sites is 1.